The summed E-state index contributed by atoms with van der Waals surface area (Å²) >= 11 is 0. The molecule has 0 saturated carbocycles. The van der Waals surface area contributed by atoms with Crippen LogP contribution >= 0.6 is 9.90 Å². The van der Waals surface area contributed by atoms with Crippen molar-refractivity contribution in [2.75, 3.05) is 0 Å². The van der Waals surface area contributed by atoms with Crippen molar-refractivity contribution in [3.05, 3.63) is 0 Å². The monoisotopic (exact) mass is 262 g/mol. The molecule has 1 unspecified atom stereocenters. The third-order valence-corrected chi connectivity index (χ3v) is 0. The van der Waals surface area contributed by atoms with Gasteiger partial charge in [0.1, 0.15) is 0 Å². The van der Waals surface area contributed by atoms with Crippen molar-refractivity contribution in [1.82, 2.24) is 0 Å². The van der Waals surface area contributed by atoms with E-state index in [-0.39, 0.29) is 93.1 Å². The topological polar surface area (TPSA) is 80.9 Å². The summed E-state index contributed by atoms with van der Waals surface area (Å²) in [6.45, 7) is 0. The van der Waals surface area contributed by atoms with Gasteiger partial charge in [0.05, 0.1) is 0 Å². The fourth-order valence-corrected chi connectivity index (χ4v) is 0. The minimum atomic E-state index is -4.61. The maximum atomic E-state index is 7.33. The zero-order valence-electron chi connectivity index (χ0n) is 3.00. The molecule has 0 aromatic heterocycles. The molecule has 0 aliphatic carbocycles. The Labute approximate surface area is 119 Å². The molecule has 4 nitrogen and oxygen atoms in total. The number of hydrogen-bond donors (Lipinski definition) is 4. The SMILES string of the molecule is O[Si](O)(O)O.P.[CaH2].[SrH2]. The van der Waals surface area contributed by atoms with E-state index < -0.39 is 9.05 Å². The fourth-order valence-electron chi connectivity index (χ4n) is 0. The number of hydrogen-bond acceptors (Lipinski definition) is 4. The average molecular weight is 262 g/mol. The molecule has 4 N–H and O–H groups in total. The Morgan fingerprint density at radius 3 is 0.875 bits per heavy atom. The molecule has 0 aliphatic rings. The van der Waals surface area contributed by atoms with E-state index in [0.29, 0.717) is 0 Å². The molecule has 0 aliphatic heterocycles. The summed E-state index contributed by atoms with van der Waals surface area (Å²) in [5, 5.41) is 0. The molecular weight excluding hydrogens is 251 g/mol. The molecule has 1 atom stereocenters. The van der Waals surface area contributed by atoms with Crippen LogP contribution in [0, 0.1) is 0 Å². The quantitative estimate of drug-likeness (QED) is 0.262. The Kier molecular flexibility index (Phi) is 28.7. The van der Waals surface area contributed by atoms with Crippen LogP contribution in [0.5, 0.6) is 0 Å². The van der Waals surface area contributed by atoms with E-state index >= 15 is 0 Å². The van der Waals surface area contributed by atoms with Gasteiger partial charge >= 0.3 is 92.3 Å². The Bertz CT molecular complexity index is 31.5. The van der Waals surface area contributed by atoms with E-state index in [1.54, 1.807) is 0 Å². The first-order chi connectivity index (χ1) is 2.00. The molecule has 0 aromatic rings. The first kappa shape index (κ1) is 22.5. The Morgan fingerprint density at radius 2 is 0.875 bits per heavy atom. The molecule has 0 saturated heterocycles. The summed E-state index contributed by atoms with van der Waals surface area (Å²) < 4.78 is 0. The van der Waals surface area contributed by atoms with Crippen molar-refractivity contribution in [2.24, 2.45) is 0 Å². The van der Waals surface area contributed by atoms with E-state index in [4.69, 9.17) is 19.2 Å². The van der Waals surface area contributed by atoms with E-state index in [0.717, 1.165) is 0 Å². The van der Waals surface area contributed by atoms with E-state index in [2.05, 4.69) is 0 Å². The van der Waals surface area contributed by atoms with Crippen LogP contribution in [-0.2, 0) is 0 Å². The predicted molar refractivity (Wildman–Crippen MR) is 42.8 cm³/mol. The Balaban J connectivity index is -0.0000000267. The summed E-state index contributed by atoms with van der Waals surface area (Å²) in [6.07, 6.45) is 0. The average Bonchev–Trinajstić information content (AvgIpc) is 0.722. The van der Waals surface area contributed by atoms with Crippen LogP contribution in [0.3, 0.4) is 0 Å². The van der Waals surface area contributed by atoms with Crippen molar-refractivity contribution in [1.29, 1.82) is 0 Å². The maximum absolute atomic E-state index is 7.33. The van der Waals surface area contributed by atoms with Crippen molar-refractivity contribution < 1.29 is 19.2 Å². The second kappa shape index (κ2) is 10.2. The predicted octanol–water partition coefficient (Wildman–Crippen LogP) is -4.38. The van der Waals surface area contributed by atoms with Crippen molar-refractivity contribution in [2.45, 2.75) is 0 Å². The van der Waals surface area contributed by atoms with Gasteiger partial charge in [-0.15, -0.1) is 0 Å². The summed E-state index contributed by atoms with van der Waals surface area (Å²) in [5.74, 6) is 0. The molecule has 0 amide bonds. The molecule has 0 rings (SSSR count). The molecule has 0 radical (unpaired) electrons. The third kappa shape index (κ3) is 60.0. The zero-order valence-corrected chi connectivity index (χ0v) is 5.41. The summed E-state index contributed by atoms with van der Waals surface area (Å²) in [6, 6.07) is 0. The van der Waals surface area contributed by atoms with Gasteiger partial charge in [-0.2, -0.15) is 9.90 Å². The van der Waals surface area contributed by atoms with Gasteiger partial charge in [-0.3, -0.25) is 0 Å². The van der Waals surface area contributed by atoms with Crippen molar-refractivity contribution >= 4 is 102 Å². The van der Waals surface area contributed by atoms with Crippen LogP contribution < -0.4 is 0 Å². The van der Waals surface area contributed by atoms with E-state index in [1.165, 1.54) is 0 Å². The van der Waals surface area contributed by atoms with Gasteiger partial charge in [0.15, 0.2) is 0 Å². The van der Waals surface area contributed by atoms with Crippen LogP contribution in [0.25, 0.3) is 0 Å². The summed E-state index contributed by atoms with van der Waals surface area (Å²) in [5.41, 5.74) is 0. The summed E-state index contributed by atoms with van der Waals surface area (Å²) in [7, 11) is -4.61. The molecule has 8 heteroatoms. The van der Waals surface area contributed by atoms with Gasteiger partial charge in [0, 0.05) is 0 Å². The number of rotatable bonds is 0. The molecule has 0 spiro atoms. The van der Waals surface area contributed by atoms with Gasteiger partial charge in [0.2, 0.25) is 0 Å². The zero-order chi connectivity index (χ0) is 4.50. The molecule has 0 fully saturated rings. The van der Waals surface area contributed by atoms with Crippen LogP contribution in [-0.4, -0.2) is 111 Å². The minimum absolute atomic E-state index is 0. The molecule has 48 valence electrons. The molecule has 0 bridgehead atoms. The van der Waals surface area contributed by atoms with Crippen LogP contribution in [0.15, 0.2) is 0 Å². The third-order valence-electron chi connectivity index (χ3n) is 0. The molecule has 0 heterocycles. The standard InChI is InChI=1S/Ca.H4O4Si.H3P.Sr.4H/c;1-5(2,3)4;;;;;;/h;1-4H;1H3;;;;;. The molecule has 0 aromatic carbocycles. The van der Waals surface area contributed by atoms with Gasteiger partial charge in [-0.1, -0.05) is 0 Å². The first-order valence-electron chi connectivity index (χ1n) is 0.894. The van der Waals surface area contributed by atoms with Gasteiger partial charge in [-0.25, -0.2) is 0 Å². The van der Waals surface area contributed by atoms with Gasteiger partial charge in [0.25, 0.3) is 0 Å². The van der Waals surface area contributed by atoms with Crippen molar-refractivity contribution in [3.8, 4) is 0 Å². The van der Waals surface area contributed by atoms with Crippen LogP contribution in [0.1, 0.15) is 0 Å². The first-order valence-corrected chi connectivity index (χ1v) is 2.68. The van der Waals surface area contributed by atoms with Crippen LogP contribution in [0.4, 0.5) is 0 Å². The van der Waals surface area contributed by atoms with E-state index in [1.807, 2.05) is 0 Å². The van der Waals surface area contributed by atoms with Gasteiger partial charge in [-0.05, 0) is 0 Å². The second-order valence-corrected chi connectivity index (χ2v) is 1.80. The van der Waals surface area contributed by atoms with Crippen molar-refractivity contribution in [3.63, 3.8) is 0 Å². The molecular formula is H11CaO4PSiSr. The summed E-state index contributed by atoms with van der Waals surface area (Å²) in [4.78, 5) is 29.3. The molecule has 8 heavy (non-hydrogen) atoms. The normalized spacial score (nSPS) is 7.50. The van der Waals surface area contributed by atoms with Crippen LogP contribution in [0.2, 0.25) is 0 Å². The Hall–Kier alpha value is 3.23. The Morgan fingerprint density at radius 1 is 0.875 bits per heavy atom. The van der Waals surface area contributed by atoms with Gasteiger partial charge < -0.3 is 19.2 Å². The second-order valence-electron chi connectivity index (χ2n) is 0.600. The fraction of sp³-hybridized carbons (Fsp3) is 0. The van der Waals surface area contributed by atoms with E-state index in [9.17, 15) is 0 Å².